The number of ether oxygens (including phenoxy) is 2. The molecule has 30 heavy (non-hydrogen) atoms. The summed E-state index contributed by atoms with van der Waals surface area (Å²) in [6.45, 7) is 1.66. The number of methoxy groups -OCH3 is 2. The predicted octanol–water partition coefficient (Wildman–Crippen LogP) is 4.80. The minimum atomic E-state index is -0.258. The van der Waals surface area contributed by atoms with Gasteiger partial charge in [-0.05, 0) is 61.0 Å². The number of anilines is 1. The van der Waals surface area contributed by atoms with Crippen LogP contribution in [0.3, 0.4) is 0 Å². The lowest BCUT2D eigenvalue weighted by Gasteiger charge is -2.26. The molecule has 0 aliphatic carbocycles. The van der Waals surface area contributed by atoms with E-state index in [-0.39, 0.29) is 11.8 Å². The summed E-state index contributed by atoms with van der Waals surface area (Å²) < 4.78 is 11.5. The minimum Gasteiger partial charge on any atom is -0.497 e. The molecule has 1 aromatic heterocycles. The van der Waals surface area contributed by atoms with Crippen LogP contribution in [-0.4, -0.2) is 44.0 Å². The van der Waals surface area contributed by atoms with Crippen molar-refractivity contribution in [3.05, 3.63) is 52.9 Å². The Morgan fingerprint density at radius 3 is 2.30 bits per heavy atom. The Balaban J connectivity index is 1.54. The maximum Gasteiger partial charge on any atom is 0.263 e. The second-order valence-corrected chi connectivity index (χ2v) is 8.36. The summed E-state index contributed by atoms with van der Waals surface area (Å²) in [5, 5.41) is 3.86. The van der Waals surface area contributed by atoms with Crippen LogP contribution in [0.1, 0.15) is 39.3 Å². The fraction of sp³-hybridized carbons (Fsp3) is 0.304. The largest absolute Gasteiger partial charge is 0.497 e. The second-order valence-electron chi connectivity index (χ2n) is 7.27. The van der Waals surface area contributed by atoms with Gasteiger partial charge in [0.2, 0.25) is 0 Å². The Kier molecular flexibility index (Phi) is 5.90. The number of carbonyl (C=O) groups is 2. The van der Waals surface area contributed by atoms with Crippen molar-refractivity contribution < 1.29 is 19.1 Å². The quantitative estimate of drug-likeness (QED) is 0.639. The third kappa shape index (κ3) is 4.26. The van der Waals surface area contributed by atoms with Gasteiger partial charge in [0.15, 0.2) is 0 Å². The van der Waals surface area contributed by atoms with E-state index >= 15 is 0 Å². The van der Waals surface area contributed by atoms with Crippen LogP contribution in [-0.2, 0) is 0 Å². The van der Waals surface area contributed by atoms with Gasteiger partial charge in [0, 0.05) is 35.1 Å². The number of nitrogens with one attached hydrogen (secondary N) is 1. The second kappa shape index (κ2) is 8.75. The number of amides is 2. The van der Waals surface area contributed by atoms with Gasteiger partial charge in [-0.1, -0.05) is 0 Å². The lowest BCUT2D eigenvalue weighted by Crippen LogP contribution is -2.35. The SMILES string of the molecule is COc1cc(OC)cc(C(=O)Nc2ccc3sc(C(=O)N4CCCCC4)cc3c2)c1. The number of piperidine rings is 1. The summed E-state index contributed by atoms with van der Waals surface area (Å²) in [6.07, 6.45) is 3.34. The average Bonchev–Trinajstić information content (AvgIpc) is 3.22. The molecule has 0 bridgehead atoms. The number of hydrogen-bond donors (Lipinski definition) is 1. The van der Waals surface area contributed by atoms with Crippen LogP contribution >= 0.6 is 11.3 Å². The molecule has 0 atom stereocenters. The summed E-state index contributed by atoms with van der Waals surface area (Å²) in [7, 11) is 3.09. The van der Waals surface area contributed by atoms with E-state index in [1.807, 2.05) is 29.2 Å². The molecule has 0 unspecified atom stereocenters. The first kappa shape index (κ1) is 20.2. The third-order valence-corrected chi connectivity index (χ3v) is 6.35. The van der Waals surface area contributed by atoms with Gasteiger partial charge < -0.3 is 19.7 Å². The van der Waals surface area contributed by atoms with Crippen LogP contribution in [0.5, 0.6) is 11.5 Å². The zero-order chi connectivity index (χ0) is 21.1. The standard InChI is InChI=1S/C23H24N2O4S/c1-28-18-11-16(12-19(14-18)29-2)22(26)24-17-6-7-20-15(10-17)13-21(30-20)23(27)25-8-4-3-5-9-25/h6-7,10-14H,3-5,8-9H2,1-2H3,(H,24,26). The van der Waals surface area contributed by atoms with Crippen molar-refractivity contribution in [1.29, 1.82) is 0 Å². The van der Waals surface area contributed by atoms with Crippen LogP contribution < -0.4 is 14.8 Å². The molecule has 2 heterocycles. The van der Waals surface area contributed by atoms with E-state index < -0.39 is 0 Å². The van der Waals surface area contributed by atoms with Crippen molar-refractivity contribution >= 4 is 38.9 Å². The highest BCUT2D eigenvalue weighted by atomic mass is 32.1. The molecule has 7 heteroatoms. The molecular formula is C23H24N2O4S. The molecule has 0 spiro atoms. The van der Waals surface area contributed by atoms with Crippen molar-refractivity contribution in [1.82, 2.24) is 4.90 Å². The summed E-state index contributed by atoms with van der Waals surface area (Å²) in [5.41, 5.74) is 1.11. The number of thiophene rings is 1. The Morgan fingerprint density at radius 1 is 0.933 bits per heavy atom. The van der Waals surface area contributed by atoms with Crippen LogP contribution in [0.2, 0.25) is 0 Å². The molecule has 0 radical (unpaired) electrons. The lowest BCUT2D eigenvalue weighted by molar-refractivity contribution is 0.0729. The van der Waals surface area contributed by atoms with Gasteiger partial charge in [-0.2, -0.15) is 0 Å². The van der Waals surface area contributed by atoms with Crippen LogP contribution in [0.15, 0.2) is 42.5 Å². The fourth-order valence-corrected chi connectivity index (χ4v) is 4.63. The molecule has 4 rings (SSSR count). The molecule has 0 saturated carbocycles. The number of benzene rings is 2. The highest BCUT2D eigenvalue weighted by molar-refractivity contribution is 7.20. The first-order valence-corrected chi connectivity index (χ1v) is 10.8. The summed E-state index contributed by atoms with van der Waals surface area (Å²) in [6, 6.07) is 12.6. The molecule has 2 aromatic carbocycles. The van der Waals surface area contributed by atoms with Crippen LogP contribution in [0.25, 0.3) is 10.1 Å². The minimum absolute atomic E-state index is 0.102. The van der Waals surface area contributed by atoms with Crippen molar-refractivity contribution in [2.24, 2.45) is 0 Å². The van der Waals surface area contributed by atoms with E-state index in [0.29, 0.717) is 22.7 Å². The van der Waals surface area contributed by atoms with Crippen LogP contribution in [0.4, 0.5) is 5.69 Å². The molecule has 1 saturated heterocycles. The van der Waals surface area contributed by atoms with E-state index in [9.17, 15) is 9.59 Å². The average molecular weight is 425 g/mol. The Morgan fingerprint density at radius 2 is 1.63 bits per heavy atom. The summed E-state index contributed by atoms with van der Waals surface area (Å²) in [5.74, 6) is 0.943. The highest BCUT2D eigenvalue weighted by Gasteiger charge is 2.20. The normalized spacial score (nSPS) is 13.9. The smallest absolute Gasteiger partial charge is 0.263 e. The third-order valence-electron chi connectivity index (χ3n) is 5.24. The molecule has 3 aromatic rings. The molecule has 1 fully saturated rings. The lowest BCUT2D eigenvalue weighted by atomic mass is 10.1. The predicted molar refractivity (Wildman–Crippen MR) is 119 cm³/mol. The zero-order valence-corrected chi connectivity index (χ0v) is 17.9. The van der Waals surface area contributed by atoms with E-state index in [1.165, 1.54) is 17.8 Å². The first-order valence-electron chi connectivity index (χ1n) is 9.94. The monoisotopic (exact) mass is 424 g/mol. The number of nitrogens with zero attached hydrogens (tertiary/aromatic N) is 1. The number of carbonyl (C=O) groups excluding carboxylic acids is 2. The molecular weight excluding hydrogens is 400 g/mol. The molecule has 1 aliphatic rings. The number of rotatable bonds is 5. The van der Waals surface area contributed by atoms with Gasteiger partial charge in [-0.25, -0.2) is 0 Å². The van der Waals surface area contributed by atoms with Gasteiger partial charge in [-0.3, -0.25) is 9.59 Å². The van der Waals surface area contributed by atoms with Gasteiger partial charge in [-0.15, -0.1) is 11.3 Å². The molecule has 1 N–H and O–H groups in total. The maximum absolute atomic E-state index is 12.8. The van der Waals surface area contributed by atoms with Crippen molar-refractivity contribution in [2.45, 2.75) is 19.3 Å². The molecule has 156 valence electrons. The Bertz CT molecular complexity index is 1060. The van der Waals surface area contributed by atoms with Gasteiger partial charge in [0.25, 0.3) is 11.8 Å². The van der Waals surface area contributed by atoms with E-state index in [1.54, 1.807) is 32.4 Å². The number of hydrogen-bond acceptors (Lipinski definition) is 5. The first-order chi connectivity index (χ1) is 14.6. The molecule has 6 nitrogen and oxygen atoms in total. The van der Waals surface area contributed by atoms with Gasteiger partial charge in [0.05, 0.1) is 19.1 Å². The van der Waals surface area contributed by atoms with Crippen LogP contribution in [0, 0.1) is 0 Å². The topological polar surface area (TPSA) is 67.9 Å². The van der Waals surface area contributed by atoms with E-state index in [4.69, 9.17) is 9.47 Å². The van der Waals surface area contributed by atoms with Gasteiger partial charge >= 0.3 is 0 Å². The van der Waals surface area contributed by atoms with E-state index in [0.717, 1.165) is 40.9 Å². The zero-order valence-electron chi connectivity index (χ0n) is 17.1. The number of likely N-dealkylation sites (tertiary alicyclic amines) is 1. The van der Waals surface area contributed by atoms with Crippen molar-refractivity contribution in [3.63, 3.8) is 0 Å². The summed E-state index contributed by atoms with van der Waals surface area (Å²) >= 11 is 1.50. The highest BCUT2D eigenvalue weighted by Crippen LogP contribution is 2.30. The summed E-state index contributed by atoms with van der Waals surface area (Å²) in [4.78, 5) is 28.2. The molecule has 1 aliphatic heterocycles. The maximum atomic E-state index is 12.8. The molecule has 2 amide bonds. The number of fused-ring (bicyclic) bond motifs is 1. The fourth-order valence-electron chi connectivity index (χ4n) is 3.62. The van der Waals surface area contributed by atoms with E-state index in [2.05, 4.69) is 5.32 Å². The van der Waals surface area contributed by atoms with Crippen molar-refractivity contribution in [2.75, 3.05) is 32.6 Å². The van der Waals surface area contributed by atoms with Gasteiger partial charge in [0.1, 0.15) is 11.5 Å². The Hall–Kier alpha value is -3.06. The Labute approximate surface area is 179 Å². The van der Waals surface area contributed by atoms with Crippen molar-refractivity contribution in [3.8, 4) is 11.5 Å².